The molecule has 2 aromatic rings. The van der Waals surface area contributed by atoms with Gasteiger partial charge in [-0.3, -0.25) is 4.79 Å². The van der Waals surface area contributed by atoms with Gasteiger partial charge in [-0.15, -0.1) is 35.3 Å². The van der Waals surface area contributed by atoms with E-state index in [9.17, 15) is 9.18 Å². The van der Waals surface area contributed by atoms with Crippen LogP contribution in [0.25, 0.3) is 0 Å². The molecule has 1 saturated heterocycles. The average Bonchev–Trinajstić information content (AvgIpc) is 3.10. The van der Waals surface area contributed by atoms with Gasteiger partial charge in [0.1, 0.15) is 10.8 Å². The number of anilines is 1. The molecule has 1 fully saturated rings. The summed E-state index contributed by atoms with van der Waals surface area (Å²) in [4.78, 5) is 27.0. The minimum Gasteiger partial charge on any atom is -0.368 e. The van der Waals surface area contributed by atoms with Gasteiger partial charge >= 0.3 is 0 Å². The maximum Gasteiger partial charge on any atom is 0.224 e. The minimum atomic E-state index is -0.234. The number of guanidine groups is 1. The van der Waals surface area contributed by atoms with Gasteiger partial charge < -0.3 is 20.4 Å². The molecule has 0 aliphatic carbocycles. The second kappa shape index (κ2) is 12.9. The van der Waals surface area contributed by atoms with Crippen LogP contribution in [-0.4, -0.2) is 61.0 Å². The molecule has 0 radical (unpaired) electrons. The predicted octanol–water partition coefficient (Wildman–Crippen LogP) is 3.31. The summed E-state index contributed by atoms with van der Waals surface area (Å²) in [6.45, 7) is 10.7. The van der Waals surface area contributed by atoms with Gasteiger partial charge in [-0.05, 0) is 45.0 Å². The Hall–Kier alpha value is -1.95. The van der Waals surface area contributed by atoms with Crippen LogP contribution in [0.5, 0.6) is 0 Å². The molecule has 176 valence electrons. The van der Waals surface area contributed by atoms with Crippen LogP contribution >= 0.6 is 35.3 Å². The molecule has 3 rings (SSSR count). The highest BCUT2D eigenvalue weighted by Gasteiger charge is 2.21. The Bertz CT molecular complexity index is 877. The molecule has 32 heavy (non-hydrogen) atoms. The van der Waals surface area contributed by atoms with E-state index >= 15 is 0 Å². The minimum absolute atomic E-state index is 0. The Labute approximate surface area is 210 Å². The van der Waals surface area contributed by atoms with E-state index in [-0.39, 0.29) is 35.7 Å². The van der Waals surface area contributed by atoms with Crippen LogP contribution in [0, 0.1) is 19.7 Å². The quantitative estimate of drug-likeness (QED) is 0.302. The number of amides is 1. The lowest BCUT2D eigenvalue weighted by molar-refractivity contribution is -0.131. The molecule has 1 aromatic heterocycles. The number of carbonyl (C=O) groups is 1. The van der Waals surface area contributed by atoms with E-state index in [1.165, 1.54) is 17.0 Å². The number of hydrogen-bond acceptors (Lipinski definition) is 5. The van der Waals surface area contributed by atoms with E-state index < -0.39 is 0 Å². The van der Waals surface area contributed by atoms with Gasteiger partial charge in [-0.2, -0.15) is 0 Å². The maximum absolute atomic E-state index is 13.1. The zero-order valence-electron chi connectivity index (χ0n) is 18.9. The molecule has 1 aromatic carbocycles. The topological polar surface area (TPSA) is 72.9 Å². The zero-order valence-corrected chi connectivity index (χ0v) is 22.0. The highest BCUT2D eigenvalue weighted by Crippen LogP contribution is 2.18. The number of rotatable bonds is 7. The van der Waals surface area contributed by atoms with Crippen LogP contribution in [0.1, 0.15) is 28.9 Å². The summed E-state index contributed by atoms with van der Waals surface area (Å²) in [5.41, 5.74) is 2.05. The lowest BCUT2D eigenvalue weighted by atomic mass is 10.2. The Kier molecular flexibility index (Phi) is 10.6. The van der Waals surface area contributed by atoms with E-state index in [0.29, 0.717) is 38.6 Å². The molecule has 0 saturated carbocycles. The first-order valence-corrected chi connectivity index (χ1v) is 11.5. The number of hydrogen-bond donors (Lipinski definition) is 2. The zero-order chi connectivity index (χ0) is 22.2. The number of aliphatic imine (C=N–C) groups is 1. The first kappa shape index (κ1) is 26.3. The predicted molar refractivity (Wildman–Crippen MR) is 140 cm³/mol. The Morgan fingerprint density at radius 1 is 1.16 bits per heavy atom. The Balaban J connectivity index is 0.00000363. The van der Waals surface area contributed by atoms with Crippen molar-refractivity contribution in [3.05, 3.63) is 45.7 Å². The first-order chi connectivity index (χ1) is 15.0. The van der Waals surface area contributed by atoms with E-state index in [2.05, 4.69) is 32.4 Å². The SMILES string of the molecule is CCNC(=NCc1nc(C)c(C)s1)NCCC(=O)N1CCN(c2ccc(F)cc2)CC1.I. The molecule has 1 aliphatic rings. The third kappa shape index (κ3) is 7.58. The van der Waals surface area contributed by atoms with E-state index in [1.807, 2.05) is 18.7 Å². The molecular weight excluding hydrogens is 542 g/mol. The van der Waals surface area contributed by atoms with Crippen LogP contribution in [-0.2, 0) is 11.3 Å². The van der Waals surface area contributed by atoms with Crippen LogP contribution in [0.3, 0.4) is 0 Å². The number of benzene rings is 1. The average molecular weight is 575 g/mol. The van der Waals surface area contributed by atoms with Crippen LogP contribution in [0.15, 0.2) is 29.3 Å². The molecular formula is C22H32FIN6OS. The lowest BCUT2D eigenvalue weighted by Crippen LogP contribution is -2.49. The summed E-state index contributed by atoms with van der Waals surface area (Å²) in [5.74, 6) is 0.595. The van der Waals surface area contributed by atoms with Crippen molar-refractivity contribution in [2.75, 3.05) is 44.2 Å². The number of piperazine rings is 1. The summed E-state index contributed by atoms with van der Waals surface area (Å²) in [6, 6.07) is 6.51. The van der Waals surface area contributed by atoms with Crippen molar-refractivity contribution in [2.24, 2.45) is 4.99 Å². The van der Waals surface area contributed by atoms with Crippen molar-refractivity contribution < 1.29 is 9.18 Å². The van der Waals surface area contributed by atoms with Crippen molar-refractivity contribution in [1.29, 1.82) is 0 Å². The van der Waals surface area contributed by atoms with Crippen LogP contribution in [0.2, 0.25) is 0 Å². The molecule has 2 heterocycles. The third-order valence-corrected chi connectivity index (χ3v) is 6.30. The standard InChI is InChI=1S/C22H31FN6OS.HI/c1-4-24-22(26-15-20-27-16(2)17(3)31-20)25-10-9-21(30)29-13-11-28(12-14-29)19-7-5-18(23)6-8-19;/h5-8H,4,9-15H2,1-3H3,(H2,24,25,26);1H. The van der Waals surface area contributed by atoms with Crippen molar-refractivity contribution in [1.82, 2.24) is 20.5 Å². The normalized spacial score (nSPS) is 14.2. The van der Waals surface area contributed by atoms with E-state index in [4.69, 9.17) is 0 Å². The third-order valence-electron chi connectivity index (χ3n) is 5.24. The van der Waals surface area contributed by atoms with Crippen LogP contribution < -0.4 is 15.5 Å². The number of nitrogens with one attached hydrogen (secondary N) is 2. The van der Waals surface area contributed by atoms with E-state index in [0.717, 1.165) is 36.0 Å². The van der Waals surface area contributed by atoms with Gasteiger partial charge in [-0.25, -0.2) is 14.4 Å². The summed E-state index contributed by atoms with van der Waals surface area (Å²) < 4.78 is 13.1. The second-order valence-corrected chi connectivity index (χ2v) is 8.75. The summed E-state index contributed by atoms with van der Waals surface area (Å²) in [6.07, 6.45) is 0.413. The molecule has 10 heteroatoms. The molecule has 0 spiro atoms. The van der Waals surface area contributed by atoms with Crippen molar-refractivity contribution in [3.8, 4) is 0 Å². The van der Waals surface area contributed by atoms with E-state index in [1.54, 1.807) is 23.5 Å². The Morgan fingerprint density at radius 3 is 2.44 bits per heavy atom. The first-order valence-electron chi connectivity index (χ1n) is 10.7. The highest BCUT2D eigenvalue weighted by molar-refractivity contribution is 14.0. The second-order valence-electron chi connectivity index (χ2n) is 7.47. The van der Waals surface area contributed by atoms with Crippen LogP contribution in [0.4, 0.5) is 10.1 Å². The fourth-order valence-electron chi connectivity index (χ4n) is 3.41. The summed E-state index contributed by atoms with van der Waals surface area (Å²) in [5, 5.41) is 7.45. The molecule has 2 N–H and O–H groups in total. The van der Waals surface area contributed by atoms with Crippen molar-refractivity contribution >= 4 is 52.9 Å². The fourth-order valence-corrected chi connectivity index (χ4v) is 4.27. The largest absolute Gasteiger partial charge is 0.368 e. The van der Waals surface area contributed by atoms with Gasteiger partial charge in [0.05, 0.1) is 12.2 Å². The van der Waals surface area contributed by atoms with Crippen molar-refractivity contribution in [2.45, 2.75) is 33.7 Å². The number of aryl methyl sites for hydroxylation is 2. The number of thiazole rings is 1. The number of halogens is 2. The summed E-state index contributed by atoms with van der Waals surface area (Å²) in [7, 11) is 0. The van der Waals surface area contributed by atoms with Gasteiger partial charge in [0, 0.05) is 56.3 Å². The fraction of sp³-hybridized carbons (Fsp3) is 0.500. The lowest BCUT2D eigenvalue weighted by Gasteiger charge is -2.36. The Morgan fingerprint density at radius 2 is 1.84 bits per heavy atom. The molecule has 1 aliphatic heterocycles. The van der Waals surface area contributed by atoms with Gasteiger partial charge in [0.25, 0.3) is 0 Å². The number of aromatic nitrogens is 1. The summed E-state index contributed by atoms with van der Waals surface area (Å²) >= 11 is 1.66. The monoisotopic (exact) mass is 574 g/mol. The molecule has 7 nitrogen and oxygen atoms in total. The number of carbonyl (C=O) groups excluding carboxylic acids is 1. The van der Waals surface area contributed by atoms with Crippen molar-refractivity contribution in [3.63, 3.8) is 0 Å². The smallest absolute Gasteiger partial charge is 0.224 e. The molecule has 0 bridgehead atoms. The maximum atomic E-state index is 13.1. The molecule has 0 atom stereocenters. The van der Waals surface area contributed by atoms with Gasteiger partial charge in [0.2, 0.25) is 5.91 Å². The highest BCUT2D eigenvalue weighted by atomic mass is 127. The molecule has 1 amide bonds. The molecule has 0 unspecified atom stereocenters. The van der Waals surface area contributed by atoms with Gasteiger partial charge in [0.15, 0.2) is 5.96 Å². The number of nitrogens with zero attached hydrogens (tertiary/aromatic N) is 4. The van der Waals surface area contributed by atoms with Gasteiger partial charge in [-0.1, -0.05) is 0 Å².